The zero-order chi connectivity index (χ0) is 20.2. The minimum atomic E-state index is 0.0589. The number of aryl methyl sites for hydroxylation is 3. The molecule has 29 heavy (non-hydrogen) atoms. The zero-order valence-corrected chi connectivity index (χ0v) is 17.6. The lowest BCUT2D eigenvalue weighted by molar-refractivity contribution is -0.135. The lowest BCUT2D eigenvalue weighted by Crippen LogP contribution is -2.49. The molecule has 0 aliphatic carbocycles. The van der Waals surface area contributed by atoms with E-state index in [1.54, 1.807) is 0 Å². The maximum absolute atomic E-state index is 12.6. The third-order valence-corrected chi connectivity index (χ3v) is 6.02. The van der Waals surface area contributed by atoms with E-state index in [9.17, 15) is 4.79 Å². The van der Waals surface area contributed by atoms with Crippen molar-refractivity contribution < 1.29 is 9.53 Å². The van der Waals surface area contributed by atoms with Crippen LogP contribution in [-0.2, 0) is 24.3 Å². The van der Waals surface area contributed by atoms with E-state index < -0.39 is 0 Å². The van der Waals surface area contributed by atoms with Gasteiger partial charge in [0, 0.05) is 39.1 Å². The van der Waals surface area contributed by atoms with Gasteiger partial charge >= 0.3 is 0 Å². The molecule has 0 saturated carbocycles. The Balaban J connectivity index is 1.27. The predicted octanol–water partition coefficient (Wildman–Crippen LogP) is 2.34. The van der Waals surface area contributed by atoms with E-state index in [0.717, 1.165) is 74.2 Å². The van der Waals surface area contributed by atoms with Crippen molar-refractivity contribution >= 4 is 5.91 Å². The van der Waals surface area contributed by atoms with Crippen molar-refractivity contribution in [2.45, 2.75) is 52.6 Å². The van der Waals surface area contributed by atoms with E-state index in [1.165, 1.54) is 19.3 Å². The van der Waals surface area contributed by atoms with Crippen molar-refractivity contribution in [3.63, 3.8) is 0 Å². The second-order valence-electron chi connectivity index (χ2n) is 8.16. The minimum Gasteiger partial charge on any atom is -0.483 e. The summed E-state index contributed by atoms with van der Waals surface area (Å²) in [5.41, 5.74) is 2.13. The molecule has 156 valence electrons. The Morgan fingerprint density at radius 2 is 1.76 bits per heavy atom. The summed E-state index contributed by atoms with van der Waals surface area (Å²) in [4.78, 5) is 16.9. The SMILES string of the molecule is Cc1cccc(C)c1OCC(=O)N1CCN(Cc2nnc3n2CCCCC3)CC1. The Kier molecular flexibility index (Phi) is 6.13. The molecule has 2 aromatic rings. The van der Waals surface area contributed by atoms with Gasteiger partial charge < -0.3 is 14.2 Å². The highest BCUT2D eigenvalue weighted by Crippen LogP contribution is 2.22. The molecule has 1 amide bonds. The average Bonchev–Trinajstić information content (AvgIpc) is 2.94. The van der Waals surface area contributed by atoms with Crippen molar-refractivity contribution in [2.24, 2.45) is 0 Å². The molecule has 2 aliphatic heterocycles. The molecule has 0 atom stereocenters. The van der Waals surface area contributed by atoms with Crippen molar-refractivity contribution in [1.82, 2.24) is 24.6 Å². The number of carbonyl (C=O) groups excluding carboxylic acids is 1. The van der Waals surface area contributed by atoms with Crippen LogP contribution in [0.2, 0.25) is 0 Å². The fourth-order valence-corrected chi connectivity index (χ4v) is 4.27. The molecule has 2 aliphatic rings. The maximum Gasteiger partial charge on any atom is 0.260 e. The first-order valence-electron chi connectivity index (χ1n) is 10.7. The summed E-state index contributed by atoms with van der Waals surface area (Å²) >= 11 is 0. The second-order valence-corrected chi connectivity index (χ2v) is 8.16. The average molecular weight is 398 g/mol. The third-order valence-electron chi connectivity index (χ3n) is 6.02. The van der Waals surface area contributed by atoms with Gasteiger partial charge in [0.1, 0.15) is 17.4 Å². The number of amides is 1. The highest BCUT2D eigenvalue weighted by atomic mass is 16.5. The molecular formula is C22H31N5O2. The number of hydrogen-bond acceptors (Lipinski definition) is 5. The summed E-state index contributed by atoms with van der Waals surface area (Å²) in [7, 11) is 0. The molecule has 7 nitrogen and oxygen atoms in total. The van der Waals surface area contributed by atoms with Gasteiger partial charge in [-0.2, -0.15) is 0 Å². The Morgan fingerprint density at radius 1 is 1.00 bits per heavy atom. The number of piperazine rings is 1. The molecule has 0 spiro atoms. The smallest absolute Gasteiger partial charge is 0.260 e. The standard InChI is InChI=1S/C22H31N5O2/c1-17-7-6-8-18(2)22(17)29-16-21(28)26-13-11-25(12-14-26)15-20-24-23-19-9-4-3-5-10-27(19)20/h6-8H,3-5,9-16H2,1-2H3. The maximum atomic E-state index is 12.6. The Morgan fingerprint density at radius 3 is 2.52 bits per heavy atom. The monoisotopic (exact) mass is 397 g/mol. The third kappa shape index (κ3) is 4.61. The number of ether oxygens (including phenoxy) is 1. The first-order chi connectivity index (χ1) is 14.1. The van der Waals surface area contributed by atoms with Crippen LogP contribution in [0.1, 0.15) is 42.0 Å². The number of rotatable bonds is 5. The predicted molar refractivity (Wildman–Crippen MR) is 111 cm³/mol. The van der Waals surface area contributed by atoms with Gasteiger partial charge in [-0.05, 0) is 37.8 Å². The van der Waals surface area contributed by atoms with Crippen LogP contribution in [-0.4, -0.2) is 63.3 Å². The van der Waals surface area contributed by atoms with Gasteiger partial charge in [0.05, 0.1) is 6.54 Å². The Hall–Kier alpha value is -2.41. The molecular weight excluding hydrogens is 366 g/mol. The van der Waals surface area contributed by atoms with Gasteiger partial charge in [-0.25, -0.2) is 0 Å². The van der Waals surface area contributed by atoms with Crippen LogP contribution in [0.25, 0.3) is 0 Å². The summed E-state index contributed by atoms with van der Waals surface area (Å²) in [6.07, 6.45) is 4.73. The topological polar surface area (TPSA) is 63.5 Å². The van der Waals surface area contributed by atoms with E-state index in [2.05, 4.69) is 19.7 Å². The van der Waals surface area contributed by atoms with Crippen LogP contribution >= 0.6 is 0 Å². The van der Waals surface area contributed by atoms with E-state index >= 15 is 0 Å². The second kappa shape index (κ2) is 8.95. The summed E-state index contributed by atoms with van der Waals surface area (Å²) in [5.74, 6) is 3.09. The normalized spacial score (nSPS) is 17.7. The summed E-state index contributed by atoms with van der Waals surface area (Å²) in [6.45, 7) is 9.15. The lowest BCUT2D eigenvalue weighted by Gasteiger charge is -2.34. The first-order valence-corrected chi connectivity index (χ1v) is 10.7. The zero-order valence-electron chi connectivity index (χ0n) is 17.6. The molecule has 4 rings (SSSR count). The molecule has 0 radical (unpaired) electrons. The lowest BCUT2D eigenvalue weighted by atomic mass is 10.1. The molecule has 1 aromatic carbocycles. The number of carbonyl (C=O) groups is 1. The number of benzene rings is 1. The highest BCUT2D eigenvalue weighted by Gasteiger charge is 2.24. The van der Waals surface area contributed by atoms with Crippen LogP contribution < -0.4 is 4.74 Å². The molecule has 7 heteroatoms. The Bertz CT molecular complexity index is 835. The van der Waals surface area contributed by atoms with Gasteiger partial charge in [0.25, 0.3) is 5.91 Å². The van der Waals surface area contributed by atoms with E-state index in [0.29, 0.717) is 0 Å². The fourth-order valence-electron chi connectivity index (χ4n) is 4.27. The summed E-state index contributed by atoms with van der Waals surface area (Å²) in [5, 5.41) is 8.84. The molecule has 0 bridgehead atoms. The number of hydrogen-bond donors (Lipinski definition) is 0. The molecule has 0 N–H and O–H groups in total. The number of nitrogens with zero attached hydrogens (tertiary/aromatic N) is 5. The van der Waals surface area contributed by atoms with Gasteiger partial charge in [-0.15, -0.1) is 10.2 Å². The highest BCUT2D eigenvalue weighted by molar-refractivity contribution is 5.78. The van der Waals surface area contributed by atoms with Gasteiger partial charge in [0.2, 0.25) is 0 Å². The first kappa shape index (κ1) is 19.9. The summed E-state index contributed by atoms with van der Waals surface area (Å²) < 4.78 is 8.15. The van der Waals surface area contributed by atoms with E-state index in [4.69, 9.17) is 4.74 Å². The van der Waals surface area contributed by atoms with Gasteiger partial charge in [-0.3, -0.25) is 9.69 Å². The van der Waals surface area contributed by atoms with E-state index in [-0.39, 0.29) is 12.5 Å². The summed E-state index contributed by atoms with van der Waals surface area (Å²) in [6, 6.07) is 6.03. The van der Waals surface area contributed by atoms with Crippen LogP contribution in [0.5, 0.6) is 5.75 Å². The van der Waals surface area contributed by atoms with Crippen molar-refractivity contribution in [2.75, 3.05) is 32.8 Å². The fraction of sp³-hybridized carbons (Fsp3) is 0.591. The van der Waals surface area contributed by atoms with Crippen LogP contribution in [0.4, 0.5) is 0 Å². The van der Waals surface area contributed by atoms with Crippen LogP contribution in [0.3, 0.4) is 0 Å². The van der Waals surface area contributed by atoms with Crippen LogP contribution in [0, 0.1) is 13.8 Å². The molecule has 0 unspecified atom stereocenters. The number of aromatic nitrogens is 3. The Labute approximate surface area is 172 Å². The van der Waals surface area contributed by atoms with Crippen molar-refractivity contribution in [3.8, 4) is 5.75 Å². The largest absolute Gasteiger partial charge is 0.483 e. The number of para-hydroxylation sites is 1. The quantitative estimate of drug-likeness (QED) is 0.775. The number of fused-ring (bicyclic) bond motifs is 1. The molecule has 1 aromatic heterocycles. The minimum absolute atomic E-state index is 0.0589. The van der Waals surface area contributed by atoms with Gasteiger partial charge in [-0.1, -0.05) is 24.6 Å². The molecule has 1 saturated heterocycles. The molecule has 3 heterocycles. The molecule has 1 fully saturated rings. The van der Waals surface area contributed by atoms with Crippen molar-refractivity contribution in [1.29, 1.82) is 0 Å². The van der Waals surface area contributed by atoms with E-state index in [1.807, 2.05) is 36.9 Å². The van der Waals surface area contributed by atoms with Gasteiger partial charge in [0.15, 0.2) is 6.61 Å². The van der Waals surface area contributed by atoms with Crippen molar-refractivity contribution in [3.05, 3.63) is 41.0 Å². The van der Waals surface area contributed by atoms with Crippen LogP contribution in [0.15, 0.2) is 18.2 Å².